The predicted molar refractivity (Wildman–Crippen MR) is 121 cm³/mol. The van der Waals surface area contributed by atoms with E-state index >= 15 is 0 Å². The Morgan fingerprint density at radius 1 is 1.38 bits per heavy atom. The molecular weight excluding hydrogens is 460 g/mol. The number of fused-ring (bicyclic) bond motifs is 2. The Balaban J connectivity index is 1.42. The van der Waals surface area contributed by atoms with Crippen molar-refractivity contribution in [3.05, 3.63) is 46.4 Å². The van der Waals surface area contributed by atoms with Gasteiger partial charge in [0.05, 0.1) is 6.04 Å². The summed E-state index contributed by atoms with van der Waals surface area (Å²) in [5.41, 5.74) is 8.64. The van der Waals surface area contributed by atoms with Crippen molar-refractivity contribution in [2.45, 2.75) is 44.2 Å². The summed E-state index contributed by atoms with van der Waals surface area (Å²) in [5, 5.41) is 18.3. The highest BCUT2D eigenvalue weighted by Crippen LogP contribution is 2.37. The van der Waals surface area contributed by atoms with Gasteiger partial charge in [-0.05, 0) is 25.3 Å². The molecule has 0 radical (unpaired) electrons. The maximum Gasteiger partial charge on any atom is 0.359 e. The second-order valence-electron chi connectivity index (χ2n) is 8.26. The van der Waals surface area contributed by atoms with Gasteiger partial charge < -0.3 is 21.0 Å². The van der Waals surface area contributed by atoms with Crippen molar-refractivity contribution in [1.29, 1.82) is 0 Å². The van der Waals surface area contributed by atoms with Gasteiger partial charge >= 0.3 is 5.97 Å². The highest BCUT2D eigenvalue weighted by molar-refractivity contribution is 7.13. The lowest BCUT2D eigenvalue weighted by Gasteiger charge is -2.48. The van der Waals surface area contributed by atoms with E-state index in [4.69, 9.17) is 10.6 Å². The van der Waals surface area contributed by atoms with Crippen molar-refractivity contribution in [2.75, 3.05) is 12.8 Å². The van der Waals surface area contributed by atoms with Gasteiger partial charge in [-0.25, -0.2) is 9.78 Å². The molecule has 11 nitrogen and oxygen atoms in total. The number of nitrogens with one attached hydrogen (secondary N) is 1. The number of carbonyl (C=O) groups is 3. The highest BCUT2D eigenvalue weighted by atomic mass is 32.1. The molecule has 4 N–H and O–H groups in total. The van der Waals surface area contributed by atoms with E-state index in [0.717, 1.165) is 36.3 Å². The molecule has 1 unspecified atom stereocenters. The SMILES string of the molecule is CO/N=C(\C(=O)N[C@H]1C(=O)N2C(C(=O)O)=C([n+]3cccc4c3CCC4)CCC12)c1csc(N)n1. The van der Waals surface area contributed by atoms with Gasteiger partial charge in [-0.1, -0.05) is 5.16 Å². The molecular formula is C22H23N6O5S+. The quantitative estimate of drug-likeness (QED) is 0.231. The molecule has 4 heterocycles. The van der Waals surface area contributed by atoms with Crippen LogP contribution in [0.15, 0.2) is 34.6 Å². The van der Waals surface area contributed by atoms with Gasteiger partial charge in [0.2, 0.25) is 5.70 Å². The highest BCUT2D eigenvalue weighted by Gasteiger charge is 2.55. The maximum atomic E-state index is 13.1. The first-order valence-electron chi connectivity index (χ1n) is 10.9. The monoisotopic (exact) mass is 483 g/mol. The third-order valence-corrected chi connectivity index (χ3v) is 7.08. The fraction of sp³-hybridized carbons (Fsp3) is 0.364. The van der Waals surface area contributed by atoms with Crippen LogP contribution < -0.4 is 15.6 Å². The van der Waals surface area contributed by atoms with E-state index in [1.807, 2.05) is 16.8 Å². The molecule has 0 spiro atoms. The van der Waals surface area contributed by atoms with Crippen LogP contribution in [0, 0.1) is 0 Å². The average molecular weight is 484 g/mol. The number of aliphatic carboxylic acids is 1. The zero-order chi connectivity index (χ0) is 24.0. The first-order chi connectivity index (χ1) is 16.4. The Bertz CT molecular complexity index is 1270. The van der Waals surface area contributed by atoms with Crippen LogP contribution in [0.5, 0.6) is 0 Å². The number of nitrogens with two attached hydrogens (primary N) is 1. The third kappa shape index (κ3) is 3.50. The summed E-state index contributed by atoms with van der Waals surface area (Å²) >= 11 is 1.14. The summed E-state index contributed by atoms with van der Waals surface area (Å²) < 4.78 is 1.93. The number of pyridine rings is 1. The van der Waals surface area contributed by atoms with Crippen LogP contribution in [-0.2, 0) is 32.1 Å². The zero-order valence-corrected chi connectivity index (χ0v) is 19.2. The van der Waals surface area contributed by atoms with Crippen LogP contribution in [0.2, 0.25) is 0 Å². The zero-order valence-electron chi connectivity index (χ0n) is 18.4. The van der Waals surface area contributed by atoms with Crippen LogP contribution >= 0.6 is 11.3 Å². The van der Waals surface area contributed by atoms with Crippen molar-refractivity contribution < 1.29 is 28.9 Å². The molecule has 34 heavy (non-hydrogen) atoms. The van der Waals surface area contributed by atoms with Crippen molar-refractivity contribution >= 4 is 45.7 Å². The van der Waals surface area contributed by atoms with E-state index in [9.17, 15) is 19.5 Å². The Morgan fingerprint density at radius 3 is 2.91 bits per heavy atom. The molecule has 1 fully saturated rings. The van der Waals surface area contributed by atoms with Crippen LogP contribution in [0.25, 0.3) is 5.70 Å². The van der Waals surface area contributed by atoms with Crippen LogP contribution in [-0.4, -0.2) is 57.7 Å². The Labute approximate surface area is 198 Å². The molecule has 0 saturated carbocycles. The number of hydrogen-bond acceptors (Lipinski definition) is 8. The van der Waals surface area contributed by atoms with Gasteiger partial charge in [-0.3, -0.25) is 14.5 Å². The molecule has 3 aliphatic rings. The van der Waals surface area contributed by atoms with Gasteiger partial charge in [0.1, 0.15) is 18.8 Å². The third-order valence-electron chi connectivity index (χ3n) is 6.41. The lowest BCUT2D eigenvalue weighted by Crippen LogP contribution is -2.72. The Kier molecular flexibility index (Phi) is 5.52. The van der Waals surface area contributed by atoms with Gasteiger partial charge in [-0.15, -0.1) is 11.3 Å². The number of carbonyl (C=O) groups excluding carboxylic acids is 2. The second kappa shape index (κ2) is 8.52. The number of nitrogens with zero attached hydrogens (tertiary/aromatic N) is 4. The fourth-order valence-corrected chi connectivity index (χ4v) is 5.52. The number of amides is 2. The van der Waals surface area contributed by atoms with Crippen LogP contribution in [0.1, 0.15) is 36.2 Å². The Hall–Kier alpha value is -3.80. The van der Waals surface area contributed by atoms with E-state index in [-0.39, 0.29) is 22.2 Å². The minimum atomic E-state index is -1.17. The smallest absolute Gasteiger partial charge is 0.359 e. The number of aryl methyl sites for hydroxylation is 1. The molecule has 0 aromatic carbocycles. The van der Waals surface area contributed by atoms with E-state index in [1.54, 1.807) is 5.38 Å². The number of β-lactam (4-membered cyclic amide) rings is 1. The van der Waals surface area contributed by atoms with Crippen molar-refractivity contribution in [3.8, 4) is 0 Å². The summed E-state index contributed by atoms with van der Waals surface area (Å²) in [4.78, 5) is 48.4. The van der Waals surface area contributed by atoms with E-state index in [0.29, 0.717) is 18.5 Å². The molecule has 2 amide bonds. The molecule has 2 aromatic heterocycles. The molecule has 2 aromatic rings. The first-order valence-corrected chi connectivity index (χ1v) is 11.7. The number of rotatable bonds is 6. The summed E-state index contributed by atoms with van der Waals surface area (Å²) in [6, 6.07) is 2.63. The number of anilines is 1. The number of oxime groups is 1. The number of carboxylic acid groups (broad SMARTS) is 1. The molecule has 12 heteroatoms. The van der Waals surface area contributed by atoms with Gasteiger partial charge in [0, 0.05) is 29.9 Å². The van der Waals surface area contributed by atoms with Gasteiger partial charge in [0.25, 0.3) is 11.8 Å². The number of aromatic nitrogens is 2. The number of thiazole rings is 1. The minimum absolute atomic E-state index is 0.0323. The van der Waals surface area contributed by atoms with E-state index < -0.39 is 29.9 Å². The van der Waals surface area contributed by atoms with E-state index in [2.05, 4.69) is 21.5 Å². The fourth-order valence-electron chi connectivity index (χ4n) is 4.97. The normalized spacial score (nSPS) is 21.6. The number of carboxylic acids is 1. The topological polar surface area (TPSA) is 151 Å². The number of hydrogen-bond donors (Lipinski definition) is 3. The molecule has 2 atom stereocenters. The van der Waals surface area contributed by atoms with E-state index in [1.165, 1.54) is 17.6 Å². The van der Waals surface area contributed by atoms with Gasteiger partial charge in [0.15, 0.2) is 28.4 Å². The van der Waals surface area contributed by atoms with Gasteiger partial charge in [-0.2, -0.15) is 4.57 Å². The lowest BCUT2D eigenvalue weighted by atomic mass is 9.85. The standard InChI is InChI=1S/C22H22N6O5S/c1-33-26-16(12-10-34-22(23)24-12)19(29)25-17-14-7-8-15(18(21(31)32)28(14)20(17)30)27-9-3-5-11-4-2-6-13(11)27/h3,5,9-10,14,17H,2,4,6-8H2,1H3,(H3-,23,24,25,29,31,32)/p+1/b26-16-/t14?,17-/m1/s1. The number of nitrogen functional groups attached to an aromatic ring is 1. The minimum Gasteiger partial charge on any atom is -0.476 e. The summed E-state index contributed by atoms with van der Waals surface area (Å²) in [6.45, 7) is 0. The molecule has 1 aliphatic carbocycles. The summed E-state index contributed by atoms with van der Waals surface area (Å²) in [6.07, 6.45) is 5.68. The first kappa shape index (κ1) is 22.0. The van der Waals surface area contributed by atoms with Crippen LogP contribution in [0.4, 0.5) is 5.13 Å². The summed E-state index contributed by atoms with van der Waals surface area (Å²) in [5.74, 6) is -2.29. The van der Waals surface area contributed by atoms with Crippen molar-refractivity contribution in [2.24, 2.45) is 5.16 Å². The summed E-state index contributed by atoms with van der Waals surface area (Å²) in [7, 11) is 1.30. The maximum absolute atomic E-state index is 13.1. The molecule has 176 valence electrons. The number of allylic oxidation sites excluding steroid dienone is 1. The Morgan fingerprint density at radius 2 is 2.21 bits per heavy atom. The molecule has 2 aliphatic heterocycles. The average Bonchev–Trinajstić information content (AvgIpc) is 3.48. The predicted octanol–water partition coefficient (Wildman–Crippen LogP) is 0.295. The molecule has 0 bridgehead atoms. The lowest BCUT2D eigenvalue weighted by molar-refractivity contribution is -0.593. The van der Waals surface area contributed by atoms with Crippen molar-refractivity contribution in [1.82, 2.24) is 15.2 Å². The van der Waals surface area contributed by atoms with Crippen molar-refractivity contribution in [3.63, 3.8) is 0 Å². The second-order valence-corrected chi connectivity index (χ2v) is 9.15. The molecule has 1 saturated heterocycles. The van der Waals surface area contributed by atoms with Crippen LogP contribution in [0.3, 0.4) is 0 Å². The largest absolute Gasteiger partial charge is 0.476 e. The molecule has 5 rings (SSSR count).